The van der Waals surface area contributed by atoms with E-state index in [1.807, 2.05) is 72.8 Å². The van der Waals surface area contributed by atoms with Crippen LogP contribution < -0.4 is 10.2 Å². The minimum Gasteiger partial charge on any atom is -0.480 e. The van der Waals surface area contributed by atoms with Crippen molar-refractivity contribution < 1.29 is 14.7 Å². The number of rotatable bonds is 10. The van der Waals surface area contributed by atoms with Crippen LogP contribution in [0.5, 0.6) is 0 Å². The van der Waals surface area contributed by atoms with Gasteiger partial charge in [-0.05, 0) is 30.2 Å². The molecule has 4 aromatic rings. The third-order valence-electron chi connectivity index (χ3n) is 5.69. The van der Waals surface area contributed by atoms with Crippen LogP contribution in [-0.4, -0.2) is 34.6 Å². The van der Waals surface area contributed by atoms with E-state index in [0.29, 0.717) is 12.1 Å². The summed E-state index contributed by atoms with van der Waals surface area (Å²) in [4.78, 5) is 31.4. The Balaban J connectivity index is 1.40. The van der Waals surface area contributed by atoms with Crippen LogP contribution in [0.25, 0.3) is 11.3 Å². The third-order valence-corrected chi connectivity index (χ3v) is 6.59. The number of carbonyl (C=O) groups is 2. The lowest BCUT2D eigenvalue weighted by Gasteiger charge is -2.20. The lowest BCUT2D eigenvalue weighted by atomic mass is 10.1. The number of carboxylic acids is 1. The quantitative estimate of drug-likeness (QED) is 0.320. The number of carbonyl (C=O) groups excluding carboxylic acids is 1. The second-order valence-electron chi connectivity index (χ2n) is 8.15. The summed E-state index contributed by atoms with van der Waals surface area (Å²) >= 11 is 1.61. The maximum atomic E-state index is 12.7. The third kappa shape index (κ3) is 6.33. The van der Waals surface area contributed by atoms with Gasteiger partial charge in [0.2, 0.25) is 0 Å². The minimum absolute atomic E-state index is 0.226. The van der Waals surface area contributed by atoms with Crippen molar-refractivity contribution in [1.29, 1.82) is 0 Å². The van der Waals surface area contributed by atoms with Crippen LogP contribution in [-0.2, 0) is 17.8 Å². The van der Waals surface area contributed by atoms with Crippen LogP contribution in [0, 0.1) is 0 Å². The van der Waals surface area contributed by atoms with E-state index in [-0.39, 0.29) is 6.42 Å². The molecule has 0 fully saturated rings. The summed E-state index contributed by atoms with van der Waals surface area (Å²) in [5.74, 6) is -1.46. The van der Waals surface area contributed by atoms with Crippen molar-refractivity contribution in [1.82, 2.24) is 10.3 Å². The van der Waals surface area contributed by atoms with Crippen molar-refractivity contribution >= 4 is 28.3 Å². The molecular weight excluding hydrogens is 458 g/mol. The van der Waals surface area contributed by atoms with E-state index in [2.05, 4.69) is 22.5 Å². The molecule has 4 rings (SSSR count). The molecule has 0 radical (unpaired) electrons. The van der Waals surface area contributed by atoms with Crippen molar-refractivity contribution in [3.63, 3.8) is 0 Å². The molecule has 0 bridgehead atoms. The van der Waals surface area contributed by atoms with Gasteiger partial charge in [0, 0.05) is 36.0 Å². The van der Waals surface area contributed by atoms with Crippen molar-refractivity contribution in [3.05, 3.63) is 107 Å². The Morgan fingerprint density at radius 3 is 2.23 bits per heavy atom. The number of hydrogen-bond donors (Lipinski definition) is 2. The number of thiazole rings is 1. The maximum Gasteiger partial charge on any atom is 0.326 e. The van der Waals surface area contributed by atoms with Crippen molar-refractivity contribution in [3.8, 4) is 11.3 Å². The van der Waals surface area contributed by atoms with Gasteiger partial charge in [-0.25, -0.2) is 9.78 Å². The number of benzene rings is 3. The highest BCUT2D eigenvalue weighted by Crippen LogP contribution is 2.28. The molecule has 0 saturated carbocycles. The first-order valence-corrected chi connectivity index (χ1v) is 12.3. The lowest BCUT2D eigenvalue weighted by molar-refractivity contribution is -0.139. The first-order valence-electron chi connectivity index (χ1n) is 11.5. The molecule has 3 aromatic carbocycles. The average Bonchev–Trinajstić information content (AvgIpc) is 3.38. The molecule has 0 aliphatic carbocycles. The number of amides is 1. The van der Waals surface area contributed by atoms with E-state index >= 15 is 0 Å². The summed E-state index contributed by atoms with van der Waals surface area (Å²) in [6.45, 7) is 3.54. The Morgan fingerprint density at radius 1 is 0.943 bits per heavy atom. The molecule has 0 aliphatic rings. The molecule has 1 amide bonds. The minimum atomic E-state index is -1.06. The SMILES string of the molecule is CCN(Cc1ccc(C(=O)NC(Cc2ccccc2)C(=O)O)cc1)c1nc(-c2ccccc2)cs1. The summed E-state index contributed by atoms with van der Waals surface area (Å²) in [7, 11) is 0. The molecule has 178 valence electrons. The smallest absolute Gasteiger partial charge is 0.326 e. The number of aliphatic carboxylic acids is 1. The van der Waals surface area contributed by atoms with Crippen molar-refractivity contribution in [2.75, 3.05) is 11.4 Å². The molecule has 1 aromatic heterocycles. The largest absolute Gasteiger partial charge is 0.480 e. The van der Waals surface area contributed by atoms with Gasteiger partial charge >= 0.3 is 5.97 Å². The van der Waals surface area contributed by atoms with Crippen LogP contribution in [0.3, 0.4) is 0 Å². The summed E-state index contributed by atoms with van der Waals surface area (Å²) in [6.07, 6.45) is 0.226. The Kier molecular flexibility index (Phi) is 7.90. The highest BCUT2D eigenvalue weighted by atomic mass is 32.1. The van der Waals surface area contributed by atoms with Crippen LogP contribution in [0.2, 0.25) is 0 Å². The van der Waals surface area contributed by atoms with Gasteiger partial charge in [0.1, 0.15) is 6.04 Å². The fourth-order valence-electron chi connectivity index (χ4n) is 3.74. The van der Waals surface area contributed by atoms with Crippen molar-refractivity contribution in [2.45, 2.75) is 25.9 Å². The van der Waals surface area contributed by atoms with E-state index in [9.17, 15) is 14.7 Å². The molecule has 1 atom stereocenters. The molecule has 1 unspecified atom stereocenters. The predicted molar refractivity (Wildman–Crippen MR) is 140 cm³/mol. The molecule has 7 heteroatoms. The van der Waals surface area contributed by atoms with E-state index in [4.69, 9.17) is 4.98 Å². The summed E-state index contributed by atoms with van der Waals surface area (Å²) in [6, 6.07) is 25.6. The van der Waals surface area contributed by atoms with Crippen LogP contribution in [0.4, 0.5) is 5.13 Å². The van der Waals surface area contributed by atoms with Gasteiger partial charge in [-0.15, -0.1) is 11.3 Å². The van der Waals surface area contributed by atoms with Crippen LogP contribution >= 0.6 is 11.3 Å². The first-order chi connectivity index (χ1) is 17.0. The Bertz CT molecular complexity index is 1260. The van der Waals surface area contributed by atoms with Crippen LogP contribution in [0.1, 0.15) is 28.4 Å². The molecule has 6 nitrogen and oxygen atoms in total. The number of nitrogens with one attached hydrogen (secondary N) is 1. The van der Waals surface area contributed by atoms with Gasteiger partial charge in [-0.3, -0.25) is 4.79 Å². The standard InChI is InChI=1S/C28H27N3O3S/c1-2-31(28-30-25(19-35-28)22-11-7-4-8-12-22)18-21-13-15-23(16-14-21)26(32)29-24(27(33)34)17-20-9-5-3-6-10-20/h3-16,19,24H,2,17-18H2,1H3,(H,29,32)(H,33,34). The number of hydrogen-bond acceptors (Lipinski definition) is 5. The zero-order valence-corrected chi connectivity index (χ0v) is 20.2. The van der Waals surface area contributed by atoms with Gasteiger partial charge in [0.15, 0.2) is 5.13 Å². The lowest BCUT2D eigenvalue weighted by Crippen LogP contribution is -2.42. The maximum absolute atomic E-state index is 12.7. The zero-order valence-electron chi connectivity index (χ0n) is 19.4. The van der Waals surface area contributed by atoms with Gasteiger partial charge < -0.3 is 15.3 Å². The predicted octanol–water partition coefficient (Wildman–Crippen LogP) is 5.26. The van der Waals surface area contributed by atoms with Gasteiger partial charge in [-0.1, -0.05) is 72.8 Å². The molecule has 2 N–H and O–H groups in total. The fourth-order valence-corrected chi connectivity index (χ4v) is 4.64. The van der Waals surface area contributed by atoms with E-state index in [0.717, 1.165) is 34.1 Å². The second kappa shape index (κ2) is 11.4. The summed E-state index contributed by atoms with van der Waals surface area (Å²) < 4.78 is 0. The molecule has 0 spiro atoms. The molecular formula is C28H27N3O3S. The highest BCUT2D eigenvalue weighted by Gasteiger charge is 2.21. The average molecular weight is 486 g/mol. The van der Waals surface area contributed by atoms with Gasteiger partial charge in [-0.2, -0.15) is 0 Å². The van der Waals surface area contributed by atoms with Gasteiger partial charge in [0.25, 0.3) is 5.91 Å². The molecule has 1 heterocycles. The monoisotopic (exact) mass is 485 g/mol. The van der Waals surface area contributed by atoms with E-state index in [1.165, 1.54) is 0 Å². The summed E-state index contributed by atoms with van der Waals surface area (Å²) in [5, 5.41) is 15.2. The Labute approximate surface area is 208 Å². The number of nitrogens with zero attached hydrogens (tertiary/aromatic N) is 2. The summed E-state index contributed by atoms with van der Waals surface area (Å²) in [5.41, 5.74) is 4.37. The topological polar surface area (TPSA) is 82.5 Å². The van der Waals surface area contributed by atoms with E-state index < -0.39 is 17.9 Å². The fraction of sp³-hybridized carbons (Fsp3) is 0.179. The number of anilines is 1. The Hall–Kier alpha value is -3.97. The van der Waals surface area contributed by atoms with Gasteiger partial charge in [0.05, 0.1) is 5.69 Å². The normalized spacial score (nSPS) is 11.6. The van der Waals surface area contributed by atoms with Crippen LogP contribution in [0.15, 0.2) is 90.3 Å². The van der Waals surface area contributed by atoms with E-state index in [1.54, 1.807) is 23.5 Å². The zero-order chi connectivity index (χ0) is 24.6. The first kappa shape index (κ1) is 24.2. The molecule has 35 heavy (non-hydrogen) atoms. The number of aromatic nitrogens is 1. The molecule has 0 saturated heterocycles. The van der Waals surface area contributed by atoms with Crippen molar-refractivity contribution in [2.24, 2.45) is 0 Å². The second-order valence-corrected chi connectivity index (χ2v) is 8.98. The Morgan fingerprint density at radius 2 is 1.60 bits per heavy atom. The number of carboxylic acid groups (broad SMARTS) is 1. The molecule has 0 aliphatic heterocycles. The highest BCUT2D eigenvalue weighted by molar-refractivity contribution is 7.14.